The summed E-state index contributed by atoms with van der Waals surface area (Å²) in [5.41, 5.74) is 3.73. The smallest absolute Gasteiger partial charge is 0.258 e. The van der Waals surface area contributed by atoms with Crippen molar-refractivity contribution >= 4 is 34.2 Å². The summed E-state index contributed by atoms with van der Waals surface area (Å²) in [4.78, 5) is 43.1. The fourth-order valence-electron chi connectivity index (χ4n) is 5.04. The molecule has 6 heteroatoms. The SMILES string of the molecule is CCC(C(=O)NC(C)C)N(Cc1cccc(C)c1)C(=O)CCCN1C(=O)c2cccc3cccc1c23. The van der Waals surface area contributed by atoms with Gasteiger partial charge in [-0.15, -0.1) is 0 Å². The van der Waals surface area contributed by atoms with Gasteiger partial charge in [0.2, 0.25) is 11.8 Å². The molecule has 1 aliphatic rings. The highest BCUT2D eigenvalue weighted by molar-refractivity contribution is 6.25. The molecule has 1 aliphatic heterocycles. The highest BCUT2D eigenvalue weighted by Crippen LogP contribution is 2.37. The molecule has 0 radical (unpaired) electrons. The zero-order valence-corrected chi connectivity index (χ0v) is 21.6. The molecule has 1 N–H and O–H groups in total. The number of hydrogen-bond acceptors (Lipinski definition) is 3. The lowest BCUT2D eigenvalue weighted by Gasteiger charge is -2.31. The molecule has 0 bridgehead atoms. The van der Waals surface area contributed by atoms with Crippen molar-refractivity contribution in [3.8, 4) is 0 Å². The molecular formula is C30H35N3O3. The van der Waals surface area contributed by atoms with E-state index in [1.165, 1.54) is 0 Å². The summed E-state index contributed by atoms with van der Waals surface area (Å²) in [5, 5.41) is 4.99. The van der Waals surface area contributed by atoms with Crippen LogP contribution >= 0.6 is 0 Å². The van der Waals surface area contributed by atoms with Crippen LogP contribution in [0.2, 0.25) is 0 Å². The molecule has 3 amide bonds. The third kappa shape index (κ3) is 5.27. The number of nitrogens with one attached hydrogen (secondary N) is 1. The van der Waals surface area contributed by atoms with Gasteiger partial charge in [-0.25, -0.2) is 0 Å². The second-order valence-electron chi connectivity index (χ2n) is 9.84. The number of carbonyl (C=O) groups is 3. The topological polar surface area (TPSA) is 69.7 Å². The Morgan fingerprint density at radius 3 is 2.44 bits per heavy atom. The van der Waals surface area contributed by atoms with Crippen molar-refractivity contribution in [2.24, 2.45) is 0 Å². The summed E-state index contributed by atoms with van der Waals surface area (Å²) in [6, 6.07) is 19.2. The minimum absolute atomic E-state index is 0.00649. The number of amides is 3. The largest absolute Gasteiger partial charge is 0.352 e. The molecule has 0 aromatic heterocycles. The summed E-state index contributed by atoms with van der Waals surface area (Å²) in [5.74, 6) is -0.233. The summed E-state index contributed by atoms with van der Waals surface area (Å²) < 4.78 is 0. The van der Waals surface area contributed by atoms with Gasteiger partial charge in [0.15, 0.2) is 0 Å². The van der Waals surface area contributed by atoms with Crippen molar-refractivity contribution in [2.75, 3.05) is 11.4 Å². The van der Waals surface area contributed by atoms with Gasteiger partial charge in [-0.05, 0) is 56.7 Å². The minimum Gasteiger partial charge on any atom is -0.352 e. The van der Waals surface area contributed by atoms with Crippen molar-refractivity contribution in [1.82, 2.24) is 10.2 Å². The molecule has 188 valence electrons. The summed E-state index contributed by atoms with van der Waals surface area (Å²) in [6.45, 7) is 8.61. The quantitative estimate of drug-likeness (QED) is 0.428. The summed E-state index contributed by atoms with van der Waals surface area (Å²) in [7, 11) is 0. The predicted molar refractivity (Wildman–Crippen MR) is 144 cm³/mol. The summed E-state index contributed by atoms with van der Waals surface area (Å²) >= 11 is 0. The van der Waals surface area contributed by atoms with Crippen LogP contribution in [0, 0.1) is 6.92 Å². The van der Waals surface area contributed by atoms with E-state index in [0.717, 1.165) is 27.6 Å². The van der Waals surface area contributed by atoms with Gasteiger partial charge in [-0.3, -0.25) is 14.4 Å². The van der Waals surface area contributed by atoms with Gasteiger partial charge in [0.25, 0.3) is 5.91 Å². The minimum atomic E-state index is -0.549. The van der Waals surface area contributed by atoms with E-state index in [1.54, 1.807) is 9.80 Å². The molecule has 1 unspecified atom stereocenters. The number of aryl methyl sites for hydroxylation is 1. The lowest BCUT2D eigenvalue weighted by molar-refractivity contribution is -0.141. The second kappa shape index (κ2) is 10.9. The first kappa shape index (κ1) is 25.4. The molecule has 0 saturated heterocycles. The lowest BCUT2D eigenvalue weighted by atomic mass is 10.1. The standard InChI is InChI=1S/C30H35N3O3/c1-5-25(29(35)31-20(2)3)33(19-22-11-6-10-21(4)18-22)27(34)16-9-17-32-26-15-8-13-23-12-7-14-24(28(23)26)30(32)36/h6-8,10-15,18,20,25H,5,9,16-17,19H2,1-4H3,(H,31,35). The van der Waals surface area contributed by atoms with E-state index in [4.69, 9.17) is 0 Å². The molecule has 0 fully saturated rings. The Morgan fingerprint density at radius 1 is 1.03 bits per heavy atom. The number of anilines is 1. The number of nitrogens with zero attached hydrogens (tertiary/aromatic N) is 2. The summed E-state index contributed by atoms with van der Waals surface area (Å²) in [6.07, 6.45) is 1.30. The van der Waals surface area contributed by atoms with Crippen molar-refractivity contribution in [2.45, 2.75) is 65.6 Å². The Balaban J connectivity index is 1.49. The average Bonchev–Trinajstić information content (AvgIpc) is 3.11. The van der Waals surface area contributed by atoms with Crippen LogP contribution in [0.3, 0.4) is 0 Å². The van der Waals surface area contributed by atoms with Gasteiger partial charge in [-0.1, -0.05) is 61.0 Å². The van der Waals surface area contributed by atoms with Gasteiger partial charge < -0.3 is 15.1 Å². The van der Waals surface area contributed by atoms with Crippen LogP contribution in [0.15, 0.2) is 60.7 Å². The molecular weight excluding hydrogens is 450 g/mol. The number of carbonyl (C=O) groups excluding carboxylic acids is 3. The van der Waals surface area contributed by atoms with Crippen molar-refractivity contribution in [3.05, 3.63) is 77.4 Å². The highest BCUT2D eigenvalue weighted by Gasteiger charge is 2.31. The fraction of sp³-hybridized carbons (Fsp3) is 0.367. The zero-order chi connectivity index (χ0) is 25.8. The maximum absolute atomic E-state index is 13.5. The Morgan fingerprint density at radius 2 is 1.75 bits per heavy atom. The van der Waals surface area contributed by atoms with Crippen molar-refractivity contribution < 1.29 is 14.4 Å². The first-order chi connectivity index (χ1) is 17.3. The van der Waals surface area contributed by atoms with Crippen LogP contribution < -0.4 is 10.2 Å². The molecule has 4 rings (SSSR count). The normalized spacial score (nSPS) is 13.4. The number of benzene rings is 3. The lowest BCUT2D eigenvalue weighted by Crippen LogP contribution is -2.50. The van der Waals surface area contributed by atoms with Crippen LogP contribution in [-0.2, 0) is 16.1 Å². The van der Waals surface area contributed by atoms with E-state index in [-0.39, 0.29) is 30.2 Å². The highest BCUT2D eigenvalue weighted by atomic mass is 16.2. The maximum Gasteiger partial charge on any atom is 0.258 e. The van der Waals surface area contributed by atoms with E-state index in [1.807, 2.05) is 88.4 Å². The Kier molecular flexibility index (Phi) is 7.73. The zero-order valence-electron chi connectivity index (χ0n) is 21.6. The van der Waals surface area contributed by atoms with E-state index in [9.17, 15) is 14.4 Å². The molecule has 0 aliphatic carbocycles. The first-order valence-corrected chi connectivity index (χ1v) is 12.8. The van der Waals surface area contributed by atoms with Gasteiger partial charge in [0, 0.05) is 36.5 Å². The molecule has 36 heavy (non-hydrogen) atoms. The number of rotatable bonds is 10. The van der Waals surface area contributed by atoms with Gasteiger partial charge >= 0.3 is 0 Å². The predicted octanol–water partition coefficient (Wildman–Crippen LogP) is 5.22. The molecule has 0 saturated carbocycles. The fourth-order valence-corrected chi connectivity index (χ4v) is 5.04. The monoisotopic (exact) mass is 485 g/mol. The van der Waals surface area contributed by atoms with Gasteiger partial charge in [-0.2, -0.15) is 0 Å². The van der Waals surface area contributed by atoms with Crippen LogP contribution in [0.25, 0.3) is 10.8 Å². The third-order valence-electron chi connectivity index (χ3n) is 6.67. The van der Waals surface area contributed by atoms with Gasteiger partial charge in [0.1, 0.15) is 6.04 Å². The Bertz CT molecular complexity index is 1280. The van der Waals surface area contributed by atoms with E-state index < -0.39 is 6.04 Å². The van der Waals surface area contributed by atoms with E-state index >= 15 is 0 Å². The first-order valence-electron chi connectivity index (χ1n) is 12.8. The number of hydrogen-bond donors (Lipinski definition) is 1. The molecule has 0 spiro atoms. The second-order valence-corrected chi connectivity index (χ2v) is 9.84. The average molecular weight is 486 g/mol. The Hall–Kier alpha value is -3.67. The van der Waals surface area contributed by atoms with Crippen LogP contribution in [0.4, 0.5) is 5.69 Å². The molecule has 1 heterocycles. The third-order valence-corrected chi connectivity index (χ3v) is 6.67. The van der Waals surface area contributed by atoms with Crippen molar-refractivity contribution in [3.63, 3.8) is 0 Å². The molecule has 1 atom stereocenters. The Labute approximate surface area is 213 Å². The van der Waals surface area contributed by atoms with Crippen LogP contribution in [-0.4, -0.2) is 41.2 Å². The molecule has 3 aromatic carbocycles. The molecule has 3 aromatic rings. The van der Waals surface area contributed by atoms with Gasteiger partial charge in [0.05, 0.1) is 5.69 Å². The van der Waals surface area contributed by atoms with E-state index in [0.29, 0.717) is 31.5 Å². The van der Waals surface area contributed by atoms with Crippen LogP contribution in [0.1, 0.15) is 61.5 Å². The maximum atomic E-state index is 13.5. The van der Waals surface area contributed by atoms with E-state index in [2.05, 4.69) is 5.32 Å². The molecule has 6 nitrogen and oxygen atoms in total. The van der Waals surface area contributed by atoms with Crippen LogP contribution in [0.5, 0.6) is 0 Å². The van der Waals surface area contributed by atoms with Crippen molar-refractivity contribution in [1.29, 1.82) is 0 Å².